The van der Waals surface area contributed by atoms with Gasteiger partial charge in [0, 0.05) is 12.5 Å². The molecule has 104 valence electrons. The van der Waals surface area contributed by atoms with Gasteiger partial charge in [0.15, 0.2) is 5.82 Å². The summed E-state index contributed by atoms with van der Waals surface area (Å²) in [5.41, 5.74) is 6.49. The van der Waals surface area contributed by atoms with Crippen LogP contribution in [0.1, 0.15) is 12.5 Å². The van der Waals surface area contributed by atoms with E-state index in [4.69, 9.17) is 10.5 Å². The second kappa shape index (κ2) is 6.06. The Morgan fingerprint density at radius 3 is 2.75 bits per heavy atom. The molecule has 0 saturated heterocycles. The quantitative estimate of drug-likeness (QED) is 0.842. The number of carbonyl (C=O) groups excluding carboxylic acids is 1. The summed E-state index contributed by atoms with van der Waals surface area (Å²) in [6.45, 7) is 1.45. The molecule has 0 heterocycles. The summed E-state index contributed by atoms with van der Waals surface area (Å²) in [7, 11) is 0. The molecule has 0 radical (unpaired) electrons. The molecule has 0 aromatic heterocycles. The Labute approximate surface area is 116 Å². The summed E-state index contributed by atoms with van der Waals surface area (Å²) in [4.78, 5) is 11.1. The third kappa shape index (κ3) is 3.26. The molecule has 2 aromatic carbocycles. The third-order valence-corrected chi connectivity index (χ3v) is 2.69. The number of halogens is 1. The highest BCUT2D eigenvalue weighted by Crippen LogP contribution is 2.25. The van der Waals surface area contributed by atoms with Crippen molar-refractivity contribution in [1.82, 2.24) is 0 Å². The lowest BCUT2D eigenvalue weighted by Gasteiger charge is -2.12. The van der Waals surface area contributed by atoms with Crippen molar-refractivity contribution >= 4 is 17.3 Å². The SMILES string of the molecule is CC(=O)Nc1ccccc1OCc1cccc(N)c1F. The summed E-state index contributed by atoms with van der Waals surface area (Å²) < 4.78 is 19.3. The zero-order valence-electron chi connectivity index (χ0n) is 11.0. The van der Waals surface area contributed by atoms with E-state index in [1.807, 2.05) is 0 Å². The molecule has 0 saturated carbocycles. The van der Waals surface area contributed by atoms with Gasteiger partial charge in [0.25, 0.3) is 0 Å². The standard InChI is InChI=1S/C15H15FN2O2/c1-10(19)18-13-7-2-3-8-14(13)20-9-11-5-4-6-12(17)15(11)16/h2-8H,9,17H2,1H3,(H,18,19). The van der Waals surface area contributed by atoms with Crippen molar-refractivity contribution in [1.29, 1.82) is 0 Å². The second-order valence-corrected chi connectivity index (χ2v) is 4.29. The number of para-hydroxylation sites is 2. The lowest BCUT2D eigenvalue weighted by atomic mass is 10.2. The minimum Gasteiger partial charge on any atom is -0.487 e. The van der Waals surface area contributed by atoms with Gasteiger partial charge in [-0.3, -0.25) is 4.79 Å². The van der Waals surface area contributed by atoms with Crippen LogP contribution < -0.4 is 15.8 Å². The first-order valence-electron chi connectivity index (χ1n) is 6.10. The van der Waals surface area contributed by atoms with Crippen LogP contribution in [0.5, 0.6) is 5.75 Å². The molecule has 1 amide bonds. The molecule has 4 nitrogen and oxygen atoms in total. The van der Waals surface area contributed by atoms with Gasteiger partial charge in [-0.25, -0.2) is 4.39 Å². The van der Waals surface area contributed by atoms with Gasteiger partial charge in [0.2, 0.25) is 5.91 Å². The van der Waals surface area contributed by atoms with Crippen molar-refractivity contribution in [3.8, 4) is 5.75 Å². The average Bonchev–Trinajstić information content (AvgIpc) is 2.41. The number of benzene rings is 2. The maximum Gasteiger partial charge on any atom is 0.221 e. The fourth-order valence-electron chi connectivity index (χ4n) is 1.75. The fraction of sp³-hybridized carbons (Fsp3) is 0.133. The lowest BCUT2D eigenvalue weighted by Crippen LogP contribution is -2.08. The third-order valence-electron chi connectivity index (χ3n) is 2.69. The van der Waals surface area contributed by atoms with E-state index in [2.05, 4.69) is 5.32 Å². The Bertz CT molecular complexity index is 629. The Balaban J connectivity index is 2.15. The molecule has 0 unspecified atom stereocenters. The first-order chi connectivity index (χ1) is 9.58. The van der Waals surface area contributed by atoms with Crippen LogP contribution in [0.15, 0.2) is 42.5 Å². The predicted molar refractivity (Wildman–Crippen MR) is 75.9 cm³/mol. The number of ether oxygens (including phenoxy) is 1. The number of nitrogens with one attached hydrogen (secondary N) is 1. The molecule has 20 heavy (non-hydrogen) atoms. The van der Waals surface area contributed by atoms with E-state index in [-0.39, 0.29) is 18.2 Å². The summed E-state index contributed by atoms with van der Waals surface area (Å²) in [5.74, 6) is -0.204. The van der Waals surface area contributed by atoms with Crippen molar-refractivity contribution in [2.45, 2.75) is 13.5 Å². The highest BCUT2D eigenvalue weighted by Gasteiger charge is 2.08. The smallest absolute Gasteiger partial charge is 0.221 e. The van der Waals surface area contributed by atoms with E-state index in [0.717, 1.165) is 0 Å². The number of hydrogen-bond donors (Lipinski definition) is 2. The number of amides is 1. The Morgan fingerprint density at radius 1 is 1.25 bits per heavy atom. The van der Waals surface area contributed by atoms with Crippen molar-refractivity contribution in [3.63, 3.8) is 0 Å². The monoisotopic (exact) mass is 274 g/mol. The molecule has 3 N–H and O–H groups in total. The number of nitrogen functional groups attached to an aromatic ring is 1. The van der Waals surface area contributed by atoms with Crippen LogP contribution in [0, 0.1) is 5.82 Å². The van der Waals surface area contributed by atoms with Crippen LogP contribution in [-0.4, -0.2) is 5.91 Å². The summed E-state index contributed by atoms with van der Waals surface area (Å²) in [6, 6.07) is 11.7. The van der Waals surface area contributed by atoms with Gasteiger partial charge in [0.05, 0.1) is 11.4 Å². The van der Waals surface area contributed by atoms with Gasteiger partial charge in [0.1, 0.15) is 12.4 Å². The Kier molecular flexibility index (Phi) is 4.20. The van der Waals surface area contributed by atoms with Crippen LogP contribution in [0.25, 0.3) is 0 Å². The van der Waals surface area contributed by atoms with Crippen molar-refractivity contribution in [3.05, 3.63) is 53.8 Å². The number of carbonyl (C=O) groups is 1. The van der Waals surface area contributed by atoms with E-state index in [1.165, 1.54) is 13.0 Å². The average molecular weight is 274 g/mol. The Hall–Kier alpha value is -2.56. The van der Waals surface area contributed by atoms with Crippen LogP contribution in [0.2, 0.25) is 0 Å². The molecular formula is C15H15FN2O2. The van der Waals surface area contributed by atoms with Crippen LogP contribution >= 0.6 is 0 Å². The number of rotatable bonds is 4. The highest BCUT2D eigenvalue weighted by molar-refractivity contribution is 5.90. The normalized spacial score (nSPS) is 10.1. The zero-order chi connectivity index (χ0) is 14.5. The molecule has 0 fully saturated rings. The molecule has 0 bridgehead atoms. The molecule has 0 aliphatic rings. The number of anilines is 2. The zero-order valence-corrected chi connectivity index (χ0v) is 11.0. The minimum absolute atomic E-state index is 0.0352. The number of nitrogens with two attached hydrogens (primary N) is 1. The minimum atomic E-state index is -0.482. The Morgan fingerprint density at radius 2 is 2.00 bits per heavy atom. The molecule has 2 rings (SSSR count). The van der Waals surface area contributed by atoms with Crippen molar-refractivity contribution in [2.75, 3.05) is 11.1 Å². The first-order valence-corrected chi connectivity index (χ1v) is 6.10. The van der Waals surface area contributed by atoms with E-state index in [0.29, 0.717) is 17.0 Å². The van der Waals surface area contributed by atoms with E-state index < -0.39 is 5.82 Å². The molecular weight excluding hydrogens is 259 g/mol. The van der Waals surface area contributed by atoms with Crippen molar-refractivity contribution < 1.29 is 13.9 Å². The van der Waals surface area contributed by atoms with Gasteiger partial charge in [-0.2, -0.15) is 0 Å². The van der Waals surface area contributed by atoms with Crippen LogP contribution in [0.3, 0.4) is 0 Å². The van der Waals surface area contributed by atoms with Crippen molar-refractivity contribution in [2.24, 2.45) is 0 Å². The van der Waals surface area contributed by atoms with Gasteiger partial charge < -0.3 is 15.8 Å². The highest BCUT2D eigenvalue weighted by atomic mass is 19.1. The van der Waals surface area contributed by atoms with Gasteiger partial charge in [-0.1, -0.05) is 24.3 Å². The van der Waals surface area contributed by atoms with E-state index in [9.17, 15) is 9.18 Å². The summed E-state index contributed by atoms with van der Waals surface area (Å²) >= 11 is 0. The predicted octanol–water partition coefficient (Wildman–Crippen LogP) is 2.95. The van der Waals surface area contributed by atoms with Gasteiger partial charge in [-0.05, 0) is 18.2 Å². The maximum atomic E-state index is 13.7. The molecule has 2 aromatic rings. The molecule has 5 heteroatoms. The number of hydrogen-bond acceptors (Lipinski definition) is 3. The molecule has 0 atom stereocenters. The first kappa shape index (κ1) is 13.9. The second-order valence-electron chi connectivity index (χ2n) is 4.29. The summed E-state index contributed by atoms with van der Waals surface area (Å²) in [6.07, 6.45) is 0. The van der Waals surface area contributed by atoms with Crippen LogP contribution in [-0.2, 0) is 11.4 Å². The lowest BCUT2D eigenvalue weighted by molar-refractivity contribution is -0.114. The van der Waals surface area contributed by atoms with Gasteiger partial charge >= 0.3 is 0 Å². The van der Waals surface area contributed by atoms with E-state index in [1.54, 1.807) is 36.4 Å². The fourth-order valence-corrected chi connectivity index (χ4v) is 1.75. The van der Waals surface area contributed by atoms with E-state index >= 15 is 0 Å². The topological polar surface area (TPSA) is 64.3 Å². The molecule has 0 aliphatic carbocycles. The summed E-state index contributed by atoms with van der Waals surface area (Å²) in [5, 5.41) is 2.65. The maximum absolute atomic E-state index is 13.7. The molecule has 0 aliphatic heterocycles. The largest absolute Gasteiger partial charge is 0.487 e. The van der Waals surface area contributed by atoms with Gasteiger partial charge in [-0.15, -0.1) is 0 Å². The molecule has 0 spiro atoms. The van der Waals surface area contributed by atoms with Crippen LogP contribution in [0.4, 0.5) is 15.8 Å².